The first kappa shape index (κ1) is 19.1. The van der Waals surface area contributed by atoms with Crippen molar-refractivity contribution in [2.75, 3.05) is 39.3 Å². The SMILES string of the molecule is O=C(c1cnc[nH]c1=O)N1CCC(N2CCC[C@@H](C(=O)N3CCCC3)C2)CC1. The fourth-order valence-electron chi connectivity index (χ4n) is 4.84. The number of nitrogens with zero attached hydrogens (tertiary/aromatic N) is 4. The van der Waals surface area contributed by atoms with E-state index in [1.807, 2.05) is 4.90 Å². The van der Waals surface area contributed by atoms with Gasteiger partial charge < -0.3 is 14.8 Å². The van der Waals surface area contributed by atoms with Crippen molar-refractivity contribution < 1.29 is 9.59 Å². The molecule has 8 nitrogen and oxygen atoms in total. The zero-order valence-corrected chi connectivity index (χ0v) is 16.3. The molecule has 1 N–H and O–H groups in total. The normalized spacial score (nSPS) is 24.5. The summed E-state index contributed by atoms with van der Waals surface area (Å²) >= 11 is 0. The van der Waals surface area contributed by atoms with Crippen molar-refractivity contribution >= 4 is 11.8 Å². The van der Waals surface area contributed by atoms with Crippen LogP contribution in [0.15, 0.2) is 17.3 Å². The Labute approximate surface area is 164 Å². The molecule has 1 aromatic rings. The number of aromatic amines is 1. The van der Waals surface area contributed by atoms with E-state index < -0.39 is 0 Å². The van der Waals surface area contributed by atoms with Crippen molar-refractivity contribution in [2.24, 2.45) is 5.92 Å². The number of likely N-dealkylation sites (tertiary alicyclic amines) is 3. The van der Waals surface area contributed by atoms with Crippen LogP contribution in [0.2, 0.25) is 0 Å². The number of piperidine rings is 2. The number of amides is 2. The fourth-order valence-corrected chi connectivity index (χ4v) is 4.84. The standard InChI is InChI=1S/C20H29N5O3/c26-18-17(12-21-14-22-18)20(28)24-10-5-16(6-11-24)25-9-3-4-15(13-25)19(27)23-7-1-2-8-23/h12,14-16H,1-11,13H2,(H,21,22,26)/t15-/m1/s1. The summed E-state index contributed by atoms with van der Waals surface area (Å²) < 4.78 is 0. The van der Waals surface area contributed by atoms with Crippen LogP contribution >= 0.6 is 0 Å². The smallest absolute Gasteiger partial charge is 0.263 e. The maximum absolute atomic E-state index is 12.8. The van der Waals surface area contributed by atoms with Gasteiger partial charge in [0.25, 0.3) is 11.5 Å². The molecule has 3 aliphatic heterocycles. The molecule has 0 saturated carbocycles. The summed E-state index contributed by atoms with van der Waals surface area (Å²) in [4.78, 5) is 49.8. The van der Waals surface area contributed by atoms with Crippen LogP contribution in [0.5, 0.6) is 0 Å². The summed E-state index contributed by atoms with van der Waals surface area (Å²) in [5, 5.41) is 0. The molecular formula is C20H29N5O3. The van der Waals surface area contributed by atoms with Crippen LogP contribution in [0.1, 0.15) is 48.9 Å². The molecule has 0 aromatic carbocycles. The number of aromatic nitrogens is 2. The minimum absolute atomic E-state index is 0.107. The summed E-state index contributed by atoms with van der Waals surface area (Å²) in [6, 6.07) is 0.408. The highest BCUT2D eigenvalue weighted by molar-refractivity contribution is 5.93. The highest BCUT2D eigenvalue weighted by atomic mass is 16.2. The molecule has 0 unspecified atom stereocenters. The van der Waals surface area contributed by atoms with Gasteiger partial charge in [-0.25, -0.2) is 4.98 Å². The van der Waals surface area contributed by atoms with Gasteiger partial charge >= 0.3 is 0 Å². The third-order valence-electron chi connectivity index (χ3n) is 6.44. The van der Waals surface area contributed by atoms with Gasteiger partial charge in [-0.15, -0.1) is 0 Å². The molecule has 1 aromatic heterocycles. The molecule has 1 atom stereocenters. The minimum atomic E-state index is -0.388. The van der Waals surface area contributed by atoms with Gasteiger partial charge in [-0.2, -0.15) is 0 Å². The number of carbonyl (C=O) groups is 2. The Morgan fingerprint density at radius 3 is 2.43 bits per heavy atom. The van der Waals surface area contributed by atoms with Crippen LogP contribution in [0, 0.1) is 5.92 Å². The van der Waals surface area contributed by atoms with Crippen LogP contribution in [0.4, 0.5) is 0 Å². The Bertz CT molecular complexity index is 765. The van der Waals surface area contributed by atoms with E-state index in [0.29, 0.717) is 25.0 Å². The van der Waals surface area contributed by atoms with E-state index in [0.717, 1.165) is 64.7 Å². The second-order valence-electron chi connectivity index (χ2n) is 8.18. The van der Waals surface area contributed by atoms with E-state index >= 15 is 0 Å². The van der Waals surface area contributed by atoms with Crippen LogP contribution in [0.3, 0.4) is 0 Å². The predicted octanol–water partition coefficient (Wildman–Crippen LogP) is 0.709. The maximum Gasteiger partial charge on any atom is 0.263 e. The van der Waals surface area contributed by atoms with E-state index in [9.17, 15) is 14.4 Å². The van der Waals surface area contributed by atoms with Crippen molar-refractivity contribution in [1.29, 1.82) is 0 Å². The molecule has 0 radical (unpaired) electrons. The zero-order valence-electron chi connectivity index (χ0n) is 16.3. The summed E-state index contributed by atoms with van der Waals surface area (Å²) in [7, 11) is 0. The number of H-pyrrole nitrogens is 1. The number of hydrogen-bond acceptors (Lipinski definition) is 5. The average Bonchev–Trinajstić information content (AvgIpc) is 3.28. The van der Waals surface area contributed by atoms with Crippen molar-refractivity contribution in [3.8, 4) is 0 Å². The summed E-state index contributed by atoms with van der Waals surface area (Å²) in [6.45, 7) is 4.99. The Hall–Kier alpha value is -2.22. The molecule has 8 heteroatoms. The van der Waals surface area contributed by atoms with Crippen LogP contribution in [-0.2, 0) is 4.79 Å². The summed E-state index contributed by atoms with van der Waals surface area (Å²) in [5.41, 5.74) is -0.281. The van der Waals surface area contributed by atoms with Gasteiger partial charge in [-0.3, -0.25) is 19.3 Å². The highest BCUT2D eigenvalue weighted by Crippen LogP contribution is 2.26. The number of rotatable bonds is 3. The molecule has 3 fully saturated rings. The number of hydrogen-bond donors (Lipinski definition) is 1. The van der Waals surface area contributed by atoms with E-state index in [1.165, 1.54) is 12.5 Å². The maximum atomic E-state index is 12.8. The van der Waals surface area contributed by atoms with Crippen LogP contribution < -0.4 is 5.56 Å². The summed E-state index contributed by atoms with van der Waals surface area (Å²) in [5.74, 6) is 0.222. The molecule has 4 heterocycles. The van der Waals surface area contributed by atoms with Crippen molar-refractivity contribution in [2.45, 2.75) is 44.6 Å². The average molecular weight is 387 g/mol. The molecule has 0 aliphatic carbocycles. The molecule has 4 rings (SSSR count). The quantitative estimate of drug-likeness (QED) is 0.825. The second-order valence-corrected chi connectivity index (χ2v) is 8.18. The van der Waals surface area contributed by atoms with Crippen molar-refractivity contribution in [1.82, 2.24) is 24.7 Å². The topological polar surface area (TPSA) is 89.6 Å². The molecule has 0 spiro atoms. The van der Waals surface area contributed by atoms with Crippen molar-refractivity contribution in [3.05, 3.63) is 28.4 Å². The monoisotopic (exact) mass is 387 g/mol. The van der Waals surface area contributed by atoms with E-state index in [4.69, 9.17) is 0 Å². The van der Waals surface area contributed by atoms with Crippen LogP contribution in [-0.4, -0.2) is 81.8 Å². The third-order valence-corrected chi connectivity index (χ3v) is 6.44. The lowest BCUT2D eigenvalue weighted by molar-refractivity contribution is -0.136. The van der Waals surface area contributed by atoms with Gasteiger partial charge in [0.05, 0.1) is 12.2 Å². The van der Waals surface area contributed by atoms with Gasteiger partial charge in [0.1, 0.15) is 5.56 Å². The Kier molecular flexibility index (Phi) is 5.75. The Balaban J connectivity index is 1.32. The molecular weight excluding hydrogens is 358 g/mol. The molecule has 2 amide bonds. The zero-order chi connectivity index (χ0) is 19.5. The largest absolute Gasteiger partial charge is 0.342 e. The first-order chi connectivity index (χ1) is 13.6. The lowest BCUT2D eigenvalue weighted by Gasteiger charge is -2.42. The highest BCUT2D eigenvalue weighted by Gasteiger charge is 2.35. The predicted molar refractivity (Wildman–Crippen MR) is 104 cm³/mol. The minimum Gasteiger partial charge on any atom is -0.342 e. The van der Waals surface area contributed by atoms with Gasteiger partial charge in [-0.05, 0) is 45.1 Å². The van der Waals surface area contributed by atoms with Gasteiger partial charge in [0, 0.05) is 45.0 Å². The first-order valence-electron chi connectivity index (χ1n) is 10.5. The van der Waals surface area contributed by atoms with E-state index in [2.05, 4.69) is 14.9 Å². The Morgan fingerprint density at radius 2 is 1.71 bits per heavy atom. The van der Waals surface area contributed by atoms with Gasteiger partial charge in [0.2, 0.25) is 5.91 Å². The van der Waals surface area contributed by atoms with Crippen molar-refractivity contribution in [3.63, 3.8) is 0 Å². The second kappa shape index (κ2) is 8.43. The molecule has 0 bridgehead atoms. The lowest BCUT2D eigenvalue weighted by Crippen LogP contribution is -2.52. The van der Waals surface area contributed by atoms with Crippen LogP contribution in [0.25, 0.3) is 0 Å². The van der Waals surface area contributed by atoms with E-state index in [1.54, 1.807) is 4.90 Å². The van der Waals surface area contributed by atoms with Gasteiger partial charge in [-0.1, -0.05) is 0 Å². The fraction of sp³-hybridized carbons (Fsp3) is 0.700. The third kappa shape index (κ3) is 3.97. The first-order valence-corrected chi connectivity index (χ1v) is 10.5. The van der Waals surface area contributed by atoms with E-state index in [-0.39, 0.29) is 22.9 Å². The Morgan fingerprint density at radius 1 is 0.964 bits per heavy atom. The molecule has 3 aliphatic rings. The van der Waals surface area contributed by atoms with Gasteiger partial charge in [0.15, 0.2) is 0 Å². The number of nitrogens with one attached hydrogen (secondary N) is 1. The molecule has 3 saturated heterocycles. The molecule has 28 heavy (non-hydrogen) atoms. The lowest BCUT2D eigenvalue weighted by atomic mass is 9.93. The summed E-state index contributed by atoms with van der Waals surface area (Å²) in [6.07, 6.45) is 8.72. The number of carbonyl (C=O) groups excluding carboxylic acids is 2. The molecule has 152 valence electrons.